The van der Waals surface area contributed by atoms with E-state index in [9.17, 15) is 9.18 Å². The molecular weight excluding hydrogens is 237 g/mol. The molecule has 5 nitrogen and oxygen atoms in total. The summed E-state index contributed by atoms with van der Waals surface area (Å²) in [7, 11) is 1.65. The van der Waals surface area contributed by atoms with Crippen LogP contribution in [0.2, 0.25) is 0 Å². The van der Waals surface area contributed by atoms with Gasteiger partial charge in [-0.3, -0.25) is 9.48 Å². The second-order valence-electron chi connectivity index (χ2n) is 4.10. The van der Waals surface area contributed by atoms with Crippen molar-refractivity contribution in [3.63, 3.8) is 0 Å². The highest BCUT2D eigenvalue weighted by Gasteiger charge is 2.26. The van der Waals surface area contributed by atoms with Gasteiger partial charge in [0.2, 0.25) is 11.9 Å². The lowest BCUT2D eigenvalue weighted by molar-refractivity contribution is 0.100. The summed E-state index contributed by atoms with van der Waals surface area (Å²) in [4.78, 5) is 11.2. The fraction of sp³-hybridized carbons (Fsp3) is 0.167. The molecular formula is C12H10FN3O2. The van der Waals surface area contributed by atoms with Gasteiger partial charge in [-0.15, -0.1) is 5.10 Å². The zero-order chi connectivity index (χ0) is 12.9. The van der Waals surface area contributed by atoms with E-state index >= 15 is 0 Å². The molecule has 1 aromatic heterocycles. The second-order valence-corrected chi connectivity index (χ2v) is 4.10. The third kappa shape index (κ3) is 1.38. The third-order valence-electron chi connectivity index (χ3n) is 3.02. The number of carbonyl (C=O) groups is 1. The standard InChI is InChI=1S/C12H10FN3O2/c1-16-8-5-18-9-3-2-6(12(14)17)4-7(9)10(8)11(13)15-16/h2-4H,5H2,1H3,(H2,14,17). The quantitative estimate of drug-likeness (QED) is 0.823. The van der Waals surface area contributed by atoms with Crippen molar-refractivity contribution in [3.05, 3.63) is 35.4 Å². The average molecular weight is 247 g/mol. The molecule has 6 heteroatoms. The van der Waals surface area contributed by atoms with Crippen LogP contribution in [0.25, 0.3) is 11.1 Å². The van der Waals surface area contributed by atoms with E-state index in [1.165, 1.54) is 10.7 Å². The molecule has 0 spiro atoms. The average Bonchev–Trinajstić information content (AvgIpc) is 2.64. The second kappa shape index (κ2) is 3.56. The minimum atomic E-state index is -0.571. The third-order valence-corrected chi connectivity index (χ3v) is 3.02. The van der Waals surface area contributed by atoms with Crippen molar-refractivity contribution < 1.29 is 13.9 Å². The summed E-state index contributed by atoms with van der Waals surface area (Å²) in [6.07, 6.45) is 0. The zero-order valence-corrected chi connectivity index (χ0v) is 9.61. The predicted octanol–water partition coefficient (Wildman–Crippen LogP) is 1.22. The molecule has 3 rings (SSSR count). The van der Waals surface area contributed by atoms with Gasteiger partial charge in [-0.1, -0.05) is 0 Å². The molecule has 0 aliphatic carbocycles. The SMILES string of the molecule is Cn1nc(F)c2c1COc1ccc(C(N)=O)cc1-2. The number of amides is 1. The Labute approximate surface area is 102 Å². The summed E-state index contributed by atoms with van der Waals surface area (Å²) in [5, 5.41) is 3.72. The van der Waals surface area contributed by atoms with Gasteiger partial charge in [0.15, 0.2) is 0 Å². The van der Waals surface area contributed by atoms with Gasteiger partial charge in [0.25, 0.3) is 0 Å². The number of hydrogen-bond acceptors (Lipinski definition) is 3. The summed E-state index contributed by atoms with van der Waals surface area (Å²) in [6, 6.07) is 4.70. The molecule has 0 radical (unpaired) electrons. The maximum atomic E-state index is 13.8. The first-order chi connectivity index (χ1) is 8.58. The smallest absolute Gasteiger partial charge is 0.248 e. The van der Waals surface area contributed by atoms with Gasteiger partial charge in [0.05, 0.1) is 11.3 Å². The van der Waals surface area contributed by atoms with E-state index in [1.807, 2.05) is 0 Å². The highest BCUT2D eigenvalue weighted by molar-refractivity contribution is 5.95. The number of nitrogens with two attached hydrogens (primary N) is 1. The molecule has 0 unspecified atom stereocenters. The maximum absolute atomic E-state index is 13.8. The summed E-state index contributed by atoms with van der Waals surface area (Å²) >= 11 is 0. The first kappa shape index (κ1) is 10.8. The zero-order valence-electron chi connectivity index (χ0n) is 9.61. The lowest BCUT2D eigenvalue weighted by Gasteiger charge is -2.18. The van der Waals surface area contributed by atoms with Crippen LogP contribution in [0.15, 0.2) is 18.2 Å². The van der Waals surface area contributed by atoms with E-state index in [1.54, 1.807) is 19.2 Å². The minimum Gasteiger partial charge on any atom is -0.487 e. The fourth-order valence-electron chi connectivity index (χ4n) is 2.11. The van der Waals surface area contributed by atoms with E-state index in [-0.39, 0.29) is 6.61 Å². The van der Waals surface area contributed by atoms with Gasteiger partial charge < -0.3 is 10.5 Å². The molecule has 1 amide bonds. The van der Waals surface area contributed by atoms with E-state index in [2.05, 4.69) is 5.10 Å². The van der Waals surface area contributed by atoms with Crippen molar-refractivity contribution in [2.24, 2.45) is 12.8 Å². The van der Waals surface area contributed by atoms with Crippen molar-refractivity contribution >= 4 is 5.91 Å². The van der Waals surface area contributed by atoms with Crippen molar-refractivity contribution in [2.45, 2.75) is 6.61 Å². The van der Waals surface area contributed by atoms with E-state index in [4.69, 9.17) is 10.5 Å². The van der Waals surface area contributed by atoms with Crippen molar-refractivity contribution in [1.82, 2.24) is 9.78 Å². The number of ether oxygens (including phenoxy) is 1. The Morgan fingerprint density at radius 1 is 1.56 bits per heavy atom. The van der Waals surface area contributed by atoms with Gasteiger partial charge in [-0.05, 0) is 18.2 Å². The number of carbonyl (C=O) groups excluding carboxylic acids is 1. The van der Waals surface area contributed by atoms with Crippen LogP contribution in [0.4, 0.5) is 4.39 Å². The lowest BCUT2D eigenvalue weighted by Crippen LogP contribution is -2.13. The topological polar surface area (TPSA) is 70.1 Å². The molecule has 2 heterocycles. The van der Waals surface area contributed by atoms with Gasteiger partial charge >= 0.3 is 0 Å². The lowest BCUT2D eigenvalue weighted by atomic mass is 10.00. The molecule has 18 heavy (non-hydrogen) atoms. The molecule has 0 fully saturated rings. The summed E-state index contributed by atoms with van der Waals surface area (Å²) in [5.74, 6) is -0.604. The molecule has 1 aromatic carbocycles. The van der Waals surface area contributed by atoms with Crippen LogP contribution in [0.1, 0.15) is 16.1 Å². The summed E-state index contributed by atoms with van der Waals surface area (Å²) in [5.41, 5.74) is 7.06. The number of nitrogens with zero attached hydrogens (tertiary/aromatic N) is 2. The van der Waals surface area contributed by atoms with Crippen molar-refractivity contribution in [3.8, 4) is 16.9 Å². The van der Waals surface area contributed by atoms with Crippen LogP contribution < -0.4 is 10.5 Å². The Bertz CT molecular complexity index is 664. The Balaban J connectivity index is 2.27. The van der Waals surface area contributed by atoms with E-state index in [0.717, 1.165) is 0 Å². The van der Waals surface area contributed by atoms with Gasteiger partial charge in [-0.2, -0.15) is 4.39 Å². The highest BCUT2D eigenvalue weighted by atomic mass is 19.1. The molecule has 0 saturated carbocycles. The molecule has 0 atom stereocenters. The van der Waals surface area contributed by atoms with Gasteiger partial charge in [-0.25, -0.2) is 0 Å². The summed E-state index contributed by atoms with van der Waals surface area (Å²) in [6.45, 7) is 0.256. The molecule has 1 aliphatic rings. The van der Waals surface area contributed by atoms with Crippen LogP contribution in [0.5, 0.6) is 5.75 Å². The number of halogens is 1. The number of aromatic nitrogens is 2. The molecule has 0 saturated heterocycles. The predicted molar refractivity (Wildman–Crippen MR) is 61.5 cm³/mol. The fourth-order valence-corrected chi connectivity index (χ4v) is 2.11. The largest absolute Gasteiger partial charge is 0.487 e. The molecule has 0 bridgehead atoms. The number of aryl methyl sites for hydroxylation is 1. The van der Waals surface area contributed by atoms with Crippen molar-refractivity contribution in [2.75, 3.05) is 0 Å². The number of rotatable bonds is 1. The first-order valence-corrected chi connectivity index (χ1v) is 5.36. The van der Waals surface area contributed by atoms with Gasteiger partial charge in [0.1, 0.15) is 12.4 Å². The number of primary amides is 1. The van der Waals surface area contributed by atoms with Crippen LogP contribution in [-0.4, -0.2) is 15.7 Å². The maximum Gasteiger partial charge on any atom is 0.248 e. The Morgan fingerprint density at radius 3 is 3.06 bits per heavy atom. The van der Waals surface area contributed by atoms with Crippen LogP contribution >= 0.6 is 0 Å². The van der Waals surface area contributed by atoms with Gasteiger partial charge in [0, 0.05) is 18.2 Å². The highest BCUT2D eigenvalue weighted by Crippen LogP contribution is 2.39. The van der Waals surface area contributed by atoms with E-state index in [0.29, 0.717) is 28.1 Å². The number of hydrogen-bond donors (Lipinski definition) is 1. The van der Waals surface area contributed by atoms with Crippen LogP contribution in [0.3, 0.4) is 0 Å². The monoisotopic (exact) mass is 247 g/mol. The normalized spacial score (nSPS) is 12.6. The number of benzene rings is 1. The van der Waals surface area contributed by atoms with Crippen LogP contribution in [-0.2, 0) is 13.7 Å². The molecule has 1 aliphatic heterocycles. The Hall–Kier alpha value is -2.37. The van der Waals surface area contributed by atoms with Crippen molar-refractivity contribution in [1.29, 1.82) is 0 Å². The molecule has 2 aromatic rings. The number of fused-ring (bicyclic) bond motifs is 3. The Morgan fingerprint density at radius 2 is 2.33 bits per heavy atom. The minimum absolute atomic E-state index is 0.256. The van der Waals surface area contributed by atoms with Crippen LogP contribution in [0, 0.1) is 5.95 Å². The Kier molecular flexibility index (Phi) is 2.13. The molecule has 2 N–H and O–H groups in total. The van der Waals surface area contributed by atoms with E-state index < -0.39 is 11.9 Å². The molecule has 92 valence electrons. The first-order valence-electron chi connectivity index (χ1n) is 5.36. The summed E-state index contributed by atoms with van der Waals surface area (Å²) < 4.78 is 20.7.